The van der Waals surface area contributed by atoms with E-state index in [4.69, 9.17) is 28.7 Å². The molecular formula is C50H69FN4O10. The van der Waals surface area contributed by atoms with Crippen LogP contribution in [0.4, 0.5) is 9.18 Å². The lowest BCUT2D eigenvalue weighted by Gasteiger charge is -2.46. The van der Waals surface area contributed by atoms with Gasteiger partial charge < -0.3 is 43.6 Å². The average molecular weight is 905 g/mol. The SMILES string of the molecule is CCN[C@H]1C[C@@H](C)O[C@@H](O[C@@H]2[C@@H](C)C(=O)[C@](C)(F)C(=O)O[C@H](CC)[C@@]3(C)OC(=O)N(CCCCn4cnc(-c5ccccc5)c4-c4ccccc4)C3[C@@H](C)C(=O)[C@H](C)C[C@@]2(C)OC)[C@H]1O. The van der Waals surface area contributed by atoms with Gasteiger partial charge >= 0.3 is 12.1 Å². The molecule has 3 aliphatic heterocycles. The van der Waals surface area contributed by atoms with E-state index in [9.17, 15) is 24.3 Å². The van der Waals surface area contributed by atoms with Crippen molar-refractivity contribution < 1.29 is 52.4 Å². The predicted octanol–water partition coefficient (Wildman–Crippen LogP) is 7.34. The predicted molar refractivity (Wildman–Crippen MR) is 242 cm³/mol. The number of fused-ring (bicyclic) bond motifs is 1. The van der Waals surface area contributed by atoms with E-state index < -0.39 is 89.2 Å². The lowest BCUT2D eigenvalue weighted by atomic mass is 9.73. The van der Waals surface area contributed by atoms with Gasteiger partial charge in [0.25, 0.3) is 5.67 Å². The molecule has 0 spiro atoms. The summed E-state index contributed by atoms with van der Waals surface area (Å²) in [7, 11) is 1.41. The van der Waals surface area contributed by atoms with Crippen LogP contribution in [-0.2, 0) is 44.6 Å². The van der Waals surface area contributed by atoms with Crippen LogP contribution in [0.1, 0.15) is 94.4 Å². The van der Waals surface area contributed by atoms with Gasteiger partial charge in [0.2, 0.25) is 0 Å². The van der Waals surface area contributed by atoms with Crippen LogP contribution in [0.3, 0.4) is 0 Å². The number of ether oxygens (including phenoxy) is 5. The fourth-order valence-electron chi connectivity index (χ4n) is 10.5. The number of Topliss-reactive ketones (excluding diaryl/α,β-unsaturated/α-hetero) is 2. The van der Waals surface area contributed by atoms with Crippen LogP contribution < -0.4 is 5.32 Å². The Morgan fingerprint density at radius 3 is 2.15 bits per heavy atom. The number of cyclic esters (lactones) is 1. The smallest absolute Gasteiger partial charge is 0.410 e. The summed E-state index contributed by atoms with van der Waals surface area (Å²) in [6.45, 7) is 15.8. The van der Waals surface area contributed by atoms with Crippen molar-refractivity contribution in [3.05, 3.63) is 67.0 Å². The Bertz CT molecular complexity index is 2120. The molecule has 2 N–H and O–H groups in total. The van der Waals surface area contributed by atoms with Gasteiger partial charge in [-0.15, -0.1) is 0 Å². The van der Waals surface area contributed by atoms with Gasteiger partial charge in [0.1, 0.15) is 18.0 Å². The topological polar surface area (TPSA) is 168 Å². The highest BCUT2D eigenvalue weighted by molar-refractivity contribution is 6.08. The number of ketones is 2. The fourth-order valence-corrected chi connectivity index (χ4v) is 10.5. The second-order valence-electron chi connectivity index (χ2n) is 18.8. The van der Waals surface area contributed by atoms with Crippen LogP contribution in [0.25, 0.3) is 22.5 Å². The number of alkyl halides is 1. The van der Waals surface area contributed by atoms with E-state index in [0.717, 1.165) is 29.4 Å². The zero-order valence-electron chi connectivity index (χ0n) is 39.6. The number of carbonyl (C=O) groups is 4. The van der Waals surface area contributed by atoms with Crippen molar-refractivity contribution in [2.24, 2.45) is 17.8 Å². The van der Waals surface area contributed by atoms with Gasteiger partial charge in [-0.3, -0.25) is 9.59 Å². The summed E-state index contributed by atoms with van der Waals surface area (Å²) in [6.07, 6.45) is -2.49. The Morgan fingerprint density at radius 2 is 1.54 bits per heavy atom. The van der Waals surface area contributed by atoms with Gasteiger partial charge in [-0.1, -0.05) is 95.3 Å². The second kappa shape index (κ2) is 20.5. The molecule has 1 amide bonds. The standard InChI is InChI=1S/C50H69FN4O10/c1-11-37-50(9)42(55(47(60)65-50)26-20-19-25-54-29-53-38(34-21-15-13-16-22-34)39(54)35-23-17-14-18-24-35)32(5)40(56)30(3)28-48(7,61-10)44(33(6)43(58)49(8,51)46(59)63-37)64-45-41(57)36(52-12-2)27-31(4)62-45/h13-18,21-24,29-33,36-37,41-42,44-45,52,57H,11-12,19-20,25-28H2,1-10H3/t30-,31-,32+,33+,36+,37-,41+,42?,44-,45+,48-,49+,50-/m1/s1. The van der Waals surface area contributed by atoms with Crippen LogP contribution in [0.5, 0.6) is 0 Å². The molecule has 0 aliphatic carbocycles. The molecule has 3 fully saturated rings. The summed E-state index contributed by atoms with van der Waals surface area (Å²) in [5.74, 6) is -5.83. The van der Waals surface area contributed by atoms with E-state index in [1.807, 2.05) is 80.8 Å². The van der Waals surface area contributed by atoms with Gasteiger partial charge in [-0.05, 0) is 66.3 Å². The minimum absolute atomic E-state index is 0.00746. The number of amides is 1. The van der Waals surface area contributed by atoms with Gasteiger partial charge in [0, 0.05) is 55.1 Å². The number of halogens is 1. The van der Waals surface area contributed by atoms with Crippen molar-refractivity contribution in [1.29, 1.82) is 0 Å². The zero-order chi connectivity index (χ0) is 47.4. The molecule has 3 aromatic rings. The number of benzene rings is 2. The van der Waals surface area contributed by atoms with Gasteiger partial charge in [-0.2, -0.15) is 0 Å². The van der Waals surface area contributed by atoms with Crippen LogP contribution in [0, 0.1) is 17.8 Å². The molecular weight excluding hydrogens is 836 g/mol. The maximum atomic E-state index is 17.0. The first-order chi connectivity index (χ1) is 30.8. The summed E-state index contributed by atoms with van der Waals surface area (Å²) in [6, 6.07) is 18.7. The monoisotopic (exact) mass is 904 g/mol. The third-order valence-electron chi connectivity index (χ3n) is 14.0. The molecule has 1 aromatic heterocycles. The maximum absolute atomic E-state index is 17.0. The minimum Gasteiger partial charge on any atom is -0.455 e. The van der Waals surface area contributed by atoms with Gasteiger partial charge in [0.05, 0.1) is 41.6 Å². The third kappa shape index (κ3) is 10.1. The molecule has 15 heteroatoms. The Balaban J connectivity index is 1.31. The normalized spacial score (nSPS) is 35.0. The van der Waals surface area contributed by atoms with Crippen LogP contribution >= 0.6 is 0 Å². The number of aryl methyl sites for hydroxylation is 1. The molecule has 0 saturated carbocycles. The Labute approximate surface area is 382 Å². The second-order valence-corrected chi connectivity index (χ2v) is 18.8. The maximum Gasteiger partial charge on any atom is 0.410 e. The Hall–Kier alpha value is -4.54. The van der Waals surface area contributed by atoms with Crippen LogP contribution in [0.15, 0.2) is 67.0 Å². The number of aromatic nitrogens is 2. The molecule has 65 heavy (non-hydrogen) atoms. The highest BCUT2D eigenvalue weighted by Crippen LogP contribution is 2.44. The number of unbranched alkanes of at least 4 members (excludes halogenated alkanes) is 1. The number of imidazole rings is 1. The number of hydrogen-bond donors (Lipinski definition) is 2. The lowest BCUT2D eigenvalue weighted by molar-refractivity contribution is -0.290. The fraction of sp³-hybridized carbons (Fsp3) is 0.620. The summed E-state index contributed by atoms with van der Waals surface area (Å²) >= 11 is 0. The van der Waals surface area contributed by atoms with Crippen molar-refractivity contribution >= 4 is 23.6 Å². The lowest BCUT2D eigenvalue weighted by Crippen LogP contribution is -2.62. The number of likely N-dealkylation sites (N-methyl/N-ethyl adjacent to an activating group) is 1. The Kier molecular flexibility index (Phi) is 15.8. The van der Waals surface area contributed by atoms with Crippen molar-refractivity contribution in [1.82, 2.24) is 19.8 Å². The highest BCUT2D eigenvalue weighted by atomic mass is 19.1. The van der Waals surface area contributed by atoms with Crippen LogP contribution in [0.2, 0.25) is 0 Å². The number of aliphatic hydroxyl groups excluding tert-OH is 1. The van der Waals surface area contributed by atoms with Crippen molar-refractivity contribution in [2.75, 3.05) is 20.2 Å². The minimum atomic E-state index is -3.19. The molecule has 356 valence electrons. The molecule has 14 nitrogen and oxygen atoms in total. The number of hydrogen-bond acceptors (Lipinski definition) is 12. The van der Waals surface area contributed by atoms with E-state index >= 15 is 4.39 Å². The van der Waals surface area contributed by atoms with E-state index in [-0.39, 0.29) is 31.3 Å². The number of aliphatic hydroxyl groups is 1. The van der Waals surface area contributed by atoms with E-state index in [0.29, 0.717) is 32.4 Å². The van der Waals surface area contributed by atoms with Crippen LogP contribution in [-0.4, -0.2) is 123 Å². The van der Waals surface area contributed by atoms with E-state index in [1.165, 1.54) is 18.9 Å². The van der Waals surface area contributed by atoms with E-state index in [1.54, 1.807) is 34.6 Å². The van der Waals surface area contributed by atoms with Gasteiger partial charge in [-0.25, -0.2) is 19.0 Å². The molecule has 6 rings (SSSR count). The molecule has 2 aromatic carbocycles. The van der Waals surface area contributed by atoms with Crippen molar-refractivity contribution in [2.45, 2.75) is 161 Å². The molecule has 3 saturated heterocycles. The summed E-state index contributed by atoms with van der Waals surface area (Å²) in [5, 5.41) is 14.7. The van der Waals surface area contributed by atoms with E-state index in [2.05, 4.69) is 9.88 Å². The van der Waals surface area contributed by atoms with Crippen molar-refractivity contribution in [3.8, 4) is 22.5 Å². The molecule has 13 atom stereocenters. The number of carbonyl (C=O) groups excluding carboxylic acids is 4. The zero-order valence-corrected chi connectivity index (χ0v) is 39.6. The quantitative estimate of drug-likeness (QED) is 0.0997. The number of nitrogens with zero attached hydrogens (tertiary/aromatic N) is 3. The largest absolute Gasteiger partial charge is 0.455 e. The molecule has 0 radical (unpaired) electrons. The third-order valence-corrected chi connectivity index (χ3v) is 14.0. The summed E-state index contributed by atoms with van der Waals surface area (Å²) in [4.78, 5) is 63.7. The van der Waals surface area contributed by atoms with Crippen molar-refractivity contribution in [3.63, 3.8) is 0 Å². The number of rotatable bonds is 13. The van der Waals surface area contributed by atoms with Gasteiger partial charge in [0.15, 0.2) is 17.7 Å². The first-order valence-corrected chi connectivity index (χ1v) is 23.2. The molecule has 1 unspecified atom stereocenters. The number of nitrogens with one attached hydrogen (secondary N) is 1. The molecule has 0 bridgehead atoms. The average Bonchev–Trinajstić information content (AvgIpc) is 3.83. The number of esters is 1. The molecule has 4 heterocycles. The first kappa shape index (κ1) is 49.9. The Morgan fingerprint density at radius 1 is 0.908 bits per heavy atom. The highest BCUT2D eigenvalue weighted by Gasteiger charge is 2.61. The summed E-state index contributed by atoms with van der Waals surface area (Å²) in [5.41, 5.74) is -2.43. The summed E-state index contributed by atoms with van der Waals surface area (Å²) < 4.78 is 49.9. The molecule has 3 aliphatic rings. The first-order valence-electron chi connectivity index (χ1n) is 23.2. The number of methoxy groups -OCH3 is 1.